The number of urea groups is 1. The zero-order chi connectivity index (χ0) is 20.3. The van der Waals surface area contributed by atoms with Gasteiger partial charge in [0.2, 0.25) is 0 Å². The predicted molar refractivity (Wildman–Crippen MR) is 106 cm³/mol. The Hall–Kier alpha value is -2.67. The van der Waals surface area contributed by atoms with Crippen LogP contribution in [0.3, 0.4) is 0 Å². The number of hydrogen-bond donors (Lipinski definition) is 3. The van der Waals surface area contributed by atoms with Crippen molar-refractivity contribution in [1.29, 1.82) is 0 Å². The Morgan fingerprint density at radius 1 is 1.21 bits per heavy atom. The Morgan fingerprint density at radius 2 is 1.89 bits per heavy atom. The lowest BCUT2D eigenvalue weighted by atomic mass is 9.85. The van der Waals surface area contributed by atoms with Crippen LogP contribution in [0.2, 0.25) is 0 Å². The number of nitrogens with one attached hydrogen (secondary N) is 2. The van der Waals surface area contributed by atoms with E-state index in [1.54, 1.807) is 18.2 Å². The van der Waals surface area contributed by atoms with Crippen LogP contribution in [0.25, 0.3) is 10.8 Å². The van der Waals surface area contributed by atoms with Crippen LogP contribution in [0, 0.1) is 5.82 Å². The Kier molecular flexibility index (Phi) is 6.14. The molecule has 1 aliphatic carbocycles. The quantitative estimate of drug-likeness (QED) is 0.681. The molecule has 28 heavy (non-hydrogen) atoms. The number of amides is 2. The van der Waals surface area contributed by atoms with E-state index in [1.807, 2.05) is 30.9 Å². The van der Waals surface area contributed by atoms with Crippen LogP contribution in [-0.4, -0.2) is 47.2 Å². The summed E-state index contributed by atoms with van der Waals surface area (Å²) in [6.07, 6.45) is 1.48. The van der Waals surface area contributed by atoms with Crippen molar-refractivity contribution in [2.45, 2.75) is 44.8 Å². The summed E-state index contributed by atoms with van der Waals surface area (Å²) in [6, 6.07) is 10.0. The van der Waals surface area contributed by atoms with Gasteiger partial charge in [-0.25, -0.2) is 9.18 Å². The number of hydrogen-bond acceptors (Lipinski definition) is 3. The van der Waals surface area contributed by atoms with Gasteiger partial charge in [-0.1, -0.05) is 37.3 Å². The van der Waals surface area contributed by atoms with E-state index >= 15 is 0 Å². The van der Waals surface area contributed by atoms with Crippen LogP contribution >= 0.6 is 0 Å². The van der Waals surface area contributed by atoms with Gasteiger partial charge < -0.3 is 15.7 Å². The highest BCUT2D eigenvalue weighted by Crippen LogP contribution is 2.27. The number of carboxylic acids is 1. The maximum atomic E-state index is 14.0. The third kappa shape index (κ3) is 4.42. The van der Waals surface area contributed by atoms with E-state index < -0.39 is 5.97 Å². The SMILES string of the molecule is CCN(CC(=O)O)C1CC(NC(=O)NC(C)c2ccc(F)c3ccccc23)C1. The minimum atomic E-state index is -0.837. The number of aliphatic carboxylic acids is 1. The molecule has 3 N–H and O–H groups in total. The maximum absolute atomic E-state index is 14.0. The largest absolute Gasteiger partial charge is 0.480 e. The zero-order valence-corrected chi connectivity index (χ0v) is 16.1. The topological polar surface area (TPSA) is 81.7 Å². The third-order valence-corrected chi connectivity index (χ3v) is 5.43. The lowest BCUT2D eigenvalue weighted by molar-refractivity contribution is -0.139. The number of benzene rings is 2. The van der Waals surface area contributed by atoms with Crippen LogP contribution in [-0.2, 0) is 4.79 Å². The van der Waals surface area contributed by atoms with Crippen molar-refractivity contribution in [2.24, 2.45) is 0 Å². The van der Waals surface area contributed by atoms with Gasteiger partial charge in [-0.15, -0.1) is 0 Å². The minimum Gasteiger partial charge on any atom is -0.480 e. The molecule has 0 bridgehead atoms. The average molecular weight is 387 g/mol. The summed E-state index contributed by atoms with van der Waals surface area (Å²) in [5, 5.41) is 16.1. The molecule has 1 fully saturated rings. The number of carboxylic acid groups (broad SMARTS) is 1. The first kappa shape index (κ1) is 20.1. The number of rotatable bonds is 7. The van der Waals surface area contributed by atoms with Crippen LogP contribution in [0.15, 0.2) is 36.4 Å². The van der Waals surface area contributed by atoms with Crippen molar-refractivity contribution in [3.05, 3.63) is 47.8 Å². The standard InChI is InChI=1S/C21H26FN3O3/c1-3-25(12-20(26)27)15-10-14(11-15)24-21(28)23-13(2)16-8-9-19(22)18-7-5-4-6-17(16)18/h4-9,13-15H,3,10-12H2,1-2H3,(H,26,27)(H2,23,24,28). The maximum Gasteiger partial charge on any atom is 0.317 e. The molecule has 2 aromatic carbocycles. The van der Waals surface area contributed by atoms with E-state index in [4.69, 9.17) is 5.11 Å². The Balaban J connectivity index is 1.55. The number of fused-ring (bicyclic) bond motifs is 1. The number of nitrogens with zero attached hydrogens (tertiary/aromatic N) is 1. The van der Waals surface area contributed by atoms with Crippen LogP contribution in [0.1, 0.15) is 38.3 Å². The molecule has 2 aromatic rings. The molecule has 3 rings (SSSR count). The van der Waals surface area contributed by atoms with Gasteiger partial charge in [0.25, 0.3) is 0 Å². The van der Waals surface area contributed by atoms with Crippen molar-refractivity contribution in [2.75, 3.05) is 13.1 Å². The molecule has 0 radical (unpaired) electrons. The molecule has 0 saturated heterocycles. The van der Waals surface area contributed by atoms with Crippen molar-refractivity contribution >= 4 is 22.8 Å². The minimum absolute atomic E-state index is 0.0226. The van der Waals surface area contributed by atoms with Gasteiger partial charge in [0.05, 0.1) is 12.6 Å². The molecule has 0 heterocycles. The summed E-state index contributed by atoms with van der Waals surface area (Å²) in [5.41, 5.74) is 0.859. The van der Waals surface area contributed by atoms with E-state index in [-0.39, 0.29) is 36.5 Å². The van der Waals surface area contributed by atoms with E-state index in [1.165, 1.54) is 6.07 Å². The monoisotopic (exact) mass is 387 g/mol. The molecule has 0 aliphatic heterocycles. The smallest absolute Gasteiger partial charge is 0.317 e. The third-order valence-electron chi connectivity index (χ3n) is 5.43. The van der Waals surface area contributed by atoms with Crippen molar-refractivity contribution in [3.63, 3.8) is 0 Å². The summed E-state index contributed by atoms with van der Waals surface area (Å²) >= 11 is 0. The molecular formula is C21H26FN3O3. The van der Waals surface area contributed by atoms with Crippen molar-refractivity contribution in [3.8, 4) is 0 Å². The number of carbonyl (C=O) groups excluding carboxylic acids is 1. The number of carbonyl (C=O) groups is 2. The van der Waals surface area contributed by atoms with E-state index in [2.05, 4.69) is 10.6 Å². The van der Waals surface area contributed by atoms with E-state index in [9.17, 15) is 14.0 Å². The first-order chi connectivity index (χ1) is 13.4. The van der Waals surface area contributed by atoms with Crippen LogP contribution < -0.4 is 10.6 Å². The fourth-order valence-corrected chi connectivity index (χ4v) is 3.84. The van der Waals surface area contributed by atoms with Gasteiger partial charge in [0.1, 0.15) is 5.82 Å². The molecule has 150 valence electrons. The molecule has 0 spiro atoms. The molecule has 1 aliphatic rings. The van der Waals surface area contributed by atoms with Gasteiger partial charge in [-0.05, 0) is 43.3 Å². The molecule has 1 atom stereocenters. The van der Waals surface area contributed by atoms with Crippen LogP contribution in [0.5, 0.6) is 0 Å². The highest BCUT2D eigenvalue weighted by atomic mass is 19.1. The van der Waals surface area contributed by atoms with Gasteiger partial charge in [0.15, 0.2) is 0 Å². The number of halogens is 1. The Morgan fingerprint density at radius 3 is 2.54 bits per heavy atom. The molecule has 1 unspecified atom stereocenters. The highest BCUT2D eigenvalue weighted by molar-refractivity contribution is 5.87. The average Bonchev–Trinajstić information content (AvgIpc) is 2.63. The van der Waals surface area contributed by atoms with E-state index in [0.717, 1.165) is 23.8 Å². The summed E-state index contributed by atoms with van der Waals surface area (Å²) in [7, 11) is 0. The summed E-state index contributed by atoms with van der Waals surface area (Å²) in [5.74, 6) is -1.12. The first-order valence-corrected chi connectivity index (χ1v) is 9.59. The fraction of sp³-hybridized carbons (Fsp3) is 0.429. The molecular weight excluding hydrogens is 361 g/mol. The second-order valence-electron chi connectivity index (χ2n) is 7.30. The van der Waals surface area contributed by atoms with Gasteiger partial charge >= 0.3 is 12.0 Å². The van der Waals surface area contributed by atoms with E-state index in [0.29, 0.717) is 11.9 Å². The zero-order valence-electron chi connectivity index (χ0n) is 16.1. The second-order valence-corrected chi connectivity index (χ2v) is 7.30. The summed E-state index contributed by atoms with van der Waals surface area (Å²) in [6.45, 7) is 4.50. The normalized spacial score (nSPS) is 19.9. The molecule has 6 nitrogen and oxygen atoms in total. The summed E-state index contributed by atoms with van der Waals surface area (Å²) < 4.78 is 14.0. The van der Waals surface area contributed by atoms with Gasteiger partial charge in [-0.3, -0.25) is 9.69 Å². The Bertz CT molecular complexity index is 867. The summed E-state index contributed by atoms with van der Waals surface area (Å²) in [4.78, 5) is 25.2. The Labute approximate surface area is 163 Å². The molecule has 2 amide bonds. The van der Waals surface area contributed by atoms with Crippen molar-refractivity contribution < 1.29 is 19.1 Å². The van der Waals surface area contributed by atoms with Crippen molar-refractivity contribution in [1.82, 2.24) is 15.5 Å². The second kappa shape index (κ2) is 8.56. The van der Waals surface area contributed by atoms with Gasteiger partial charge in [0, 0.05) is 17.5 Å². The number of likely N-dealkylation sites (N-methyl/N-ethyl adjacent to an activating group) is 1. The highest BCUT2D eigenvalue weighted by Gasteiger charge is 2.34. The molecule has 1 saturated carbocycles. The van der Waals surface area contributed by atoms with Gasteiger partial charge in [-0.2, -0.15) is 0 Å². The lowest BCUT2D eigenvalue weighted by Crippen LogP contribution is -2.56. The molecule has 7 heteroatoms. The fourth-order valence-electron chi connectivity index (χ4n) is 3.84. The lowest BCUT2D eigenvalue weighted by Gasteiger charge is -2.42. The van der Waals surface area contributed by atoms with Crippen LogP contribution in [0.4, 0.5) is 9.18 Å². The molecule has 0 aromatic heterocycles. The predicted octanol–water partition coefficient (Wildman–Crippen LogP) is 3.28. The first-order valence-electron chi connectivity index (χ1n) is 9.59.